The highest BCUT2D eigenvalue weighted by Crippen LogP contribution is 2.43. The minimum Gasteiger partial charge on any atom is -0.507 e. The van der Waals surface area contributed by atoms with Crippen molar-refractivity contribution in [3.05, 3.63) is 68.0 Å². The quantitative estimate of drug-likeness (QED) is 0.294. The van der Waals surface area contributed by atoms with E-state index in [1.165, 1.54) is 46.1 Å². The van der Waals surface area contributed by atoms with Gasteiger partial charge in [-0.25, -0.2) is 4.79 Å². The highest BCUT2D eigenvalue weighted by Gasteiger charge is 2.34. The van der Waals surface area contributed by atoms with Crippen molar-refractivity contribution in [2.75, 3.05) is 7.11 Å². The normalized spacial score (nSPS) is 14.9. The summed E-state index contributed by atoms with van der Waals surface area (Å²) in [5, 5.41) is 20.9. The van der Waals surface area contributed by atoms with Crippen LogP contribution in [0.5, 0.6) is 23.0 Å². The molecule has 1 atom stereocenters. The number of carbonyl (C=O) groups excluding carboxylic acids is 4. The zero-order valence-electron chi connectivity index (χ0n) is 21.9. The molecule has 0 saturated heterocycles. The number of allylic oxidation sites excluding steroid dienone is 2. The maximum absolute atomic E-state index is 13.1. The van der Waals surface area contributed by atoms with Crippen molar-refractivity contribution in [1.29, 1.82) is 0 Å². The summed E-state index contributed by atoms with van der Waals surface area (Å²) in [5.41, 5.74) is 1.33. The van der Waals surface area contributed by atoms with Gasteiger partial charge in [0.05, 0.1) is 12.7 Å². The van der Waals surface area contributed by atoms with E-state index in [-0.39, 0.29) is 62.4 Å². The molecule has 0 bridgehead atoms. The molecule has 0 aromatic heterocycles. The molecule has 1 aliphatic rings. The molecule has 2 N–H and O–H groups in total. The number of carbonyl (C=O) groups is 4. The number of benzene rings is 2. The molecule has 0 heterocycles. The Balaban J connectivity index is 1.99. The van der Waals surface area contributed by atoms with Gasteiger partial charge in [-0.1, -0.05) is 11.6 Å². The molecule has 38 heavy (non-hydrogen) atoms. The lowest BCUT2D eigenvalue weighted by atomic mass is 9.92. The first-order chi connectivity index (χ1) is 17.7. The largest absolute Gasteiger partial charge is 0.507 e. The van der Waals surface area contributed by atoms with Gasteiger partial charge in [-0.2, -0.15) is 0 Å². The Kier molecular flexibility index (Phi) is 8.02. The van der Waals surface area contributed by atoms with Crippen LogP contribution in [0.25, 0.3) is 0 Å². The Morgan fingerprint density at radius 2 is 1.53 bits per heavy atom. The lowest BCUT2D eigenvalue weighted by Crippen LogP contribution is -2.27. The van der Waals surface area contributed by atoms with Gasteiger partial charge in [0.2, 0.25) is 0 Å². The Hall–Kier alpha value is -4.11. The summed E-state index contributed by atoms with van der Waals surface area (Å²) in [6.07, 6.45) is 2.47. The lowest BCUT2D eigenvalue weighted by Gasteiger charge is -2.23. The molecule has 9 nitrogen and oxygen atoms in total. The smallest absolute Gasteiger partial charge is 0.347 e. The highest BCUT2D eigenvalue weighted by atomic mass is 35.5. The van der Waals surface area contributed by atoms with Crippen molar-refractivity contribution < 1.29 is 43.6 Å². The first-order valence-electron chi connectivity index (χ1n) is 11.5. The van der Waals surface area contributed by atoms with Crippen molar-refractivity contribution in [1.82, 2.24) is 0 Å². The van der Waals surface area contributed by atoms with Crippen LogP contribution < -0.4 is 9.47 Å². The molecule has 0 amide bonds. The summed E-state index contributed by atoms with van der Waals surface area (Å²) < 4.78 is 16.2. The standard InChI is InChI=1S/C28H27ClO9/c1-11-8-17(31)10-19(36-7)21(11)27(34)38-26-14(4)13(3)22(25(33)23(26)29)28(35)37-18-9-12(2)20(16(6)30)24(32)15(18)5/h8-10,21,32-33H,1-7H3. The third-order valence-corrected chi connectivity index (χ3v) is 6.80. The predicted molar refractivity (Wildman–Crippen MR) is 138 cm³/mol. The monoisotopic (exact) mass is 542 g/mol. The van der Waals surface area contributed by atoms with Crippen LogP contribution in [0.15, 0.2) is 29.6 Å². The van der Waals surface area contributed by atoms with E-state index in [9.17, 15) is 29.4 Å². The van der Waals surface area contributed by atoms with Crippen molar-refractivity contribution in [2.24, 2.45) is 5.92 Å². The average molecular weight is 543 g/mol. The van der Waals surface area contributed by atoms with Gasteiger partial charge in [-0.15, -0.1) is 0 Å². The second kappa shape index (κ2) is 10.7. The van der Waals surface area contributed by atoms with Gasteiger partial charge in [0.25, 0.3) is 0 Å². The fourth-order valence-electron chi connectivity index (χ4n) is 4.29. The zero-order valence-corrected chi connectivity index (χ0v) is 22.7. The summed E-state index contributed by atoms with van der Waals surface area (Å²) in [7, 11) is 1.32. The number of halogens is 1. The molecule has 200 valence electrons. The number of esters is 2. The number of methoxy groups -OCH3 is 1. The Morgan fingerprint density at radius 1 is 0.895 bits per heavy atom. The second-order valence-corrected chi connectivity index (χ2v) is 9.38. The minimum absolute atomic E-state index is 0.00827. The molecule has 1 aliphatic carbocycles. The Bertz CT molecular complexity index is 1430. The van der Waals surface area contributed by atoms with Crippen LogP contribution in [-0.4, -0.2) is 40.8 Å². The lowest BCUT2D eigenvalue weighted by molar-refractivity contribution is -0.137. The van der Waals surface area contributed by atoms with E-state index in [0.717, 1.165) is 0 Å². The fraction of sp³-hybridized carbons (Fsp3) is 0.286. The van der Waals surface area contributed by atoms with Gasteiger partial charge in [-0.3, -0.25) is 14.4 Å². The number of rotatable bonds is 6. The number of ether oxygens (including phenoxy) is 3. The molecular weight excluding hydrogens is 516 g/mol. The van der Waals surface area contributed by atoms with E-state index in [0.29, 0.717) is 11.1 Å². The molecule has 0 aliphatic heterocycles. The molecule has 0 spiro atoms. The number of phenols is 2. The highest BCUT2D eigenvalue weighted by molar-refractivity contribution is 6.34. The molecule has 3 rings (SSSR count). The minimum atomic E-state index is -1.00. The molecule has 2 aromatic rings. The summed E-state index contributed by atoms with van der Waals surface area (Å²) in [6.45, 7) is 9.02. The molecular formula is C28H27ClO9. The van der Waals surface area contributed by atoms with Crippen LogP contribution in [0.3, 0.4) is 0 Å². The molecule has 2 aromatic carbocycles. The number of phenolic OH excluding ortho intramolecular Hbond substituents is 2. The van der Waals surface area contributed by atoms with E-state index in [1.807, 2.05) is 0 Å². The zero-order chi connectivity index (χ0) is 28.6. The number of Topliss-reactive ketones (excluding diaryl/α,β-unsaturated/α-hetero) is 1. The van der Waals surface area contributed by atoms with Gasteiger partial charge in [0.1, 0.15) is 33.8 Å². The molecule has 1 unspecified atom stereocenters. The summed E-state index contributed by atoms with van der Waals surface area (Å²) in [6, 6.07) is 1.44. The number of aromatic hydroxyl groups is 2. The summed E-state index contributed by atoms with van der Waals surface area (Å²) in [4.78, 5) is 49.8. The number of ketones is 2. The van der Waals surface area contributed by atoms with Gasteiger partial charge >= 0.3 is 11.9 Å². The van der Waals surface area contributed by atoms with Crippen LogP contribution >= 0.6 is 11.6 Å². The van der Waals surface area contributed by atoms with Crippen LogP contribution in [0.2, 0.25) is 5.02 Å². The Labute approximate surface area is 224 Å². The molecule has 0 fully saturated rings. The predicted octanol–water partition coefficient (Wildman–Crippen LogP) is 4.99. The SMILES string of the molecule is COC1=CC(=O)C=C(C)C1C(=O)Oc1c(C)c(C)c(C(=O)Oc2cc(C)c(C(C)=O)c(O)c2C)c(O)c1Cl. The van der Waals surface area contributed by atoms with Crippen molar-refractivity contribution >= 4 is 35.1 Å². The van der Waals surface area contributed by atoms with Crippen LogP contribution in [0.4, 0.5) is 0 Å². The van der Waals surface area contributed by atoms with Gasteiger partial charge in [-0.05, 0) is 75.9 Å². The van der Waals surface area contributed by atoms with Crippen molar-refractivity contribution in [3.63, 3.8) is 0 Å². The van der Waals surface area contributed by atoms with E-state index in [4.69, 9.17) is 25.8 Å². The maximum Gasteiger partial charge on any atom is 0.347 e. The molecule has 0 radical (unpaired) electrons. The average Bonchev–Trinajstić information content (AvgIpc) is 2.82. The second-order valence-electron chi connectivity index (χ2n) is 9.00. The molecule has 10 heteroatoms. The van der Waals surface area contributed by atoms with Gasteiger partial charge in [0, 0.05) is 11.6 Å². The van der Waals surface area contributed by atoms with Gasteiger partial charge in [0.15, 0.2) is 23.1 Å². The number of aryl methyl sites for hydroxylation is 1. The number of hydrogen-bond acceptors (Lipinski definition) is 9. The Morgan fingerprint density at radius 3 is 2.11 bits per heavy atom. The van der Waals surface area contributed by atoms with Crippen molar-refractivity contribution in [2.45, 2.75) is 41.5 Å². The van der Waals surface area contributed by atoms with Crippen LogP contribution in [-0.2, 0) is 14.3 Å². The van der Waals surface area contributed by atoms with E-state index < -0.39 is 28.6 Å². The number of hydrogen-bond donors (Lipinski definition) is 2. The third kappa shape index (κ3) is 5.02. The maximum atomic E-state index is 13.1. The summed E-state index contributed by atoms with van der Waals surface area (Å²) >= 11 is 6.35. The first kappa shape index (κ1) is 28.5. The topological polar surface area (TPSA) is 136 Å². The van der Waals surface area contributed by atoms with Crippen LogP contribution in [0.1, 0.15) is 56.8 Å². The summed E-state index contributed by atoms with van der Waals surface area (Å²) in [5.74, 6) is -4.52. The fourth-order valence-corrected chi connectivity index (χ4v) is 4.57. The van der Waals surface area contributed by atoms with E-state index in [2.05, 4.69) is 0 Å². The van der Waals surface area contributed by atoms with Crippen molar-refractivity contribution in [3.8, 4) is 23.0 Å². The van der Waals surface area contributed by atoms with E-state index >= 15 is 0 Å². The van der Waals surface area contributed by atoms with E-state index in [1.54, 1.807) is 20.8 Å². The first-order valence-corrected chi connectivity index (χ1v) is 11.9. The third-order valence-electron chi connectivity index (χ3n) is 6.45. The molecule has 0 saturated carbocycles. The van der Waals surface area contributed by atoms with Crippen LogP contribution in [0, 0.1) is 33.6 Å². The van der Waals surface area contributed by atoms with Gasteiger partial charge < -0.3 is 24.4 Å².